The first-order valence-corrected chi connectivity index (χ1v) is 13.4. The number of amides is 1. The molecule has 1 amide bonds. The van der Waals surface area contributed by atoms with Gasteiger partial charge in [-0.05, 0) is 60.6 Å². The zero-order valence-corrected chi connectivity index (χ0v) is 23.9. The third-order valence-corrected chi connectivity index (χ3v) is 7.31. The summed E-state index contributed by atoms with van der Waals surface area (Å²) in [6.45, 7) is 7.90. The van der Waals surface area contributed by atoms with E-state index in [-0.39, 0.29) is 22.4 Å². The number of halogens is 3. The molecule has 2 aromatic carbocycles. The minimum Gasteiger partial charge on any atom is -0.494 e. The minimum atomic E-state index is -4.59. The maximum Gasteiger partial charge on any atom is 0.416 e. The van der Waals surface area contributed by atoms with E-state index in [0.29, 0.717) is 29.8 Å². The summed E-state index contributed by atoms with van der Waals surface area (Å²) in [4.78, 5) is 18.4. The molecule has 2 N–H and O–H groups in total. The smallest absolute Gasteiger partial charge is 0.416 e. The van der Waals surface area contributed by atoms with Gasteiger partial charge in [-0.2, -0.15) is 13.2 Å². The standard InChI is InChI=1S/C28H31F3N6O2S/c1-16-7-8-18(12-22(16)37-15-21(35-36-37)23-14-33-26(32-5)40-23)25(38)34-20-13-19(28(29,30)31)11-17(24(20)39-6)9-10-27(2,3)4/h7-8,11-15H,9-10H2,1-6H3,(H,32,33)(H,34,38). The molecular weight excluding hydrogens is 541 g/mol. The minimum absolute atomic E-state index is 0.0399. The summed E-state index contributed by atoms with van der Waals surface area (Å²) in [6.07, 6.45) is -0.167. The fourth-order valence-electron chi connectivity index (χ4n) is 4.08. The molecule has 40 heavy (non-hydrogen) atoms. The second kappa shape index (κ2) is 11.3. The summed E-state index contributed by atoms with van der Waals surface area (Å²) < 4.78 is 48.4. The van der Waals surface area contributed by atoms with Crippen molar-refractivity contribution < 1.29 is 22.7 Å². The molecule has 2 aromatic heterocycles. The van der Waals surface area contributed by atoms with Crippen molar-refractivity contribution in [3.63, 3.8) is 0 Å². The maximum atomic E-state index is 13.8. The van der Waals surface area contributed by atoms with Crippen LogP contribution in [0.3, 0.4) is 0 Å². The van der Waals surface area contributed by atoms with Crippen molar-refractivity contribution in [1.29, 1.82) is 0 Å². The Balaban J connectivity index is 1.66. The predicted octanol–water partition coefficient (Wildman–Crippen LogP) is 7.00. The SMILES string of the molecule is CNc1ncc(-c2cn(-c3cc(C(=O)Nc4cc(C(F)(F)F)cc(CCC(C)(C)C)c4OC)ccc3C)nn2)s1. The van der Waals surface area contributed by atoms with Crippen molar-refractivity contribution in [2.24, 2.45) is 5.41 Å². The fraction of sp³-hybridized carbons (Fsp3) is 0.357. The molecule has 0 fully saturated rings. The van der Waals surface area contributed by atoms with Crippen molar-refractivity contribution in [3.8, 4) is 22.0 Å². The van der Waals surface area contributed by atoms with Gasteiger partial charge >= 0.3 is 6.18 Å². The second-order valence-electron chi connectivity index (χ2n) is 10.6. The fourth-order valence-corrected chi connectivity index (χ4v) is 4.80. The molecule has 2 heterocycles. The van der Waals surface area contributed by atoms with E-state index in [1.54, 1.807) is 42.3 Å². The molecule has 4 rings (SSSR count). The monoisotopic (exact) mass is 572 g/mol. The van der Waals surface area contributed by atoms with Gasteiger partial charge in [0.05, 0.1) is 35.1 Å². The van der Waals surface area contributed by atoms with Crippen LogP contribution < -0.4 is 15.4 Å². The lowest BCUT2D eigenvalue weighted by Crippen LogP contribution is -2.16. The van der Waals surface area contributed by atoms with Gasteiger partial charge in [-0.25, -0.2) is 9.67 Å². The van der Waals surface area contributed by atoms with Gasteiger partial charge in [-0.1, -0.05) is 43.4 Å². The van der Waals surface area contributed by atoms with Gasteiger partial charge in [0.25, 0.3) is 5.91 Å². The average molecular weight is 573 g/mol. The molecule has 0 aliphatic carbocycles. The normalized spacial score (nSPS) is 11.9. The number of aromatic nitrogens is 4. The highest BCUT2D eigenvalue weighted by Crippen LogP contribution is 2.39. The lowest BCUT2D eigenvalue weighted by Gasteiger charge is -2.21. The first-order chi connectivity index (χ1) is 18.8. The van der Waals surface area contributed by atoms with Crippen LogP contribution in [0.15, 0.2) is 42.7 Å². The Morgan fingerprint density at radius 3 is 2.52 bits per heavy atom. The van der Waals surface area contributed by atoms with Crippen LogP contribution in [0, 0.1) is 12.3 Å². The quantitative estimate of drug-likeness (QED) is 0.236. The zero-order valence-electron chi connectivity index (χ0n) is 23.1. The number of alkyl halides is 3. The number of thiazole rings is 1. The summed E-state index contributed by atoms with van der Waals surface area (Å²) in [5, 5.41) is 14.8. The van der Waals surface area contributed by atoms with Crippen molar-refractivity contribution in [2.75, 3.05) is 24.8 Å². The van der Waals surface area contributed by atoms with Crippen molar-refractivity contribution in [2.45, 2.75) is 46.7 Å². The number of nitrogens with one attached hydrogen (secondary N) is 2. The highest BCUT2D eigenvalue weighted by molar-refractivity contribution is 7.18. The van der Waals surface area contributed by atoms with E-state index < -0.39 is 17.6 Å². The van der Waals surface area contributed by atoms with Crippen molar-refractivity contribution >= 4 is 28.1 Å². The third kappa shape index (κ3) is 6.61. The van der Waals surface area contributed by atoms with Gasteiger partial charge in [0.15, 0.2) is 5.13 Å². The molecule has 0 aliphatic rings. The van der Waals surface area contributed by atoms with Crippen LogP contribution in [0.25, 0.3) is 16.3 Å². The molecule has 0 unspecified atom stereocenters. The number of benzene rings is 2. The first-order valence-electron chi connectivity index (χ1n) is 12.6. The van der Waals surface area contributed by atoms with Crippen molar-refractivity contribution in [3.05, 3.63) is 65.0 Å². The van der Waals surface area contributed by atoms with E-state index in [1.165, 1.54) is 18.4 Å². The number of anilines is 2. The van der Waals surface area contributed by atoms with Crippen LogP contribution in [0.2, 0.25) is 0 Å². The van der Waals surface area contributed by atoms with Crippen LogP contribution >= 0.6 is 11.3 Å². The van der Waals surface area contributed by atoms with Crippen LogP contribution in [0.1, 0.15) is 54.2 Å². The molecule has 0 saturated carbocycles. The molecule has 0 atom stereocenters. The van der Waals surface area contributed by atoms with Gasteiger partial charge < -0.3 is 15.4 Å². The number of rotatable bonds is 8. The predicted molar refractivity (Wildman–Crippen MR) is 150 cm³/mol. The zero-order chi connectivity index (χ0) is 29.2. The average Bonchev–Trinajstić information content (AvgIpc) is 3.56. The Morgan fingerprint density at radius 1 is 1.15 bits per heavy atom. The van der Waals surface area contributed by atoms with E-state index in [2.05, 4.69) is 25.9 Å². The Labute approximate surface area is 234 Å². The van der Waals surface area contributed by atoms with Gasteiger partial charge in [0, 0.05) is 18.8 Å². The van der Waals surface area contributed by atoms with Crippen LogP contribution in [0.4, 0.5) is 24.0 Å². The molecule has 212 valence electrons. The molecule has 0 saturated heterocycles. The Hall–Kier alpha value is -3.93. The van der Waals surface area contributed by atoms with Gasteiger partial charge in [0.1, 0.15) is 11.4 Å². The van der Waals surface area contributed by atoms with E-state index >= 15 is 0 Å². The molecule has 0 aliphatic heterocycles. The number of hydrogen-bond acceptors (Lipinski definition) is 7. The molecule has 0 bridgehead atoms. The summed E-state index contributed by atoms with van der Waals surface area (Å²) in [7, 11) is 3.16. The summed E-state index contributed by atoms with van der Waals surface area (Å²) in [5.74, 6) is -0.369. The molecule has 0 spiro atoms. The highest BCUT2D eigenvalue weighted by atomic mass is 32.1. The summed E-state index contributed by atoms with van der Waals surface area (Å²) in [5.41, 5.74) is 1.68. The largest absolute Gasteiger partial charge is 0.494 e. The number of aryl methyl sites for hydroxylation is 2. The summed E-state index contributed by atoms with van der Waals surface area (Å²) >= 11 is 1.43. The van der Waals surface area contributed by atoms with Crippen LogP contribution in [-0.2, 0) is 12.6 Å². The second-order valence-corrected chi connectivity index (χ2v) is 11.6. The third-order valence-electron chi connectivity index (χ3n) is 6.27. The Bertz CT molecular complexity index is 1520. The molecule has 4 aromatic rings. The number of ether oxygens (including phenoxy) is 1. The van der Waals surface area contributed by atoms with E-state index in [4.69, 9.17) is 4.74 Å². The van der Waals surface area contributed by atoms with Crippen molar-refractivity contribution in [1.82, 2.24) is 20.0 Å². The topological polar surface area (TPSA) is 94.0 Å². The van der Waals surface area contributed by atoms with E-state index in [1.807, 2.05) is 27.7 Å². The van der Waals surface area contributed by atoms with Crippen LogP contribution in [-0.4, -0.2) is 40.0 Å². The van der Waals surface area contributed by atoms with E-state index in [0.717, 1.165) is 27.7 Å². The number of carbonyl (C=O) groups is 1. The van der Waals surface area contributed by atoms with Gasteiger partial charge in [-0.3, -0.25) is 4.79 Å². The van der Waals surface area contributed by atoms with E-state index in [9.17, 15) is 18.0 Å². The summed E-state index contributed by atoms with van der Waals surface area (Å²) in [6, 6.07) is 6.97. The first kappa shape index (κ1) is 29.1. The van der Waals surface area contributed by atoms with Gasteiger partial charge in [-0.15, -0.1) is 5.10 Å². The number of hydrogen-bond donors (Lipinski definition) is 2. The number of nitrogens with zero attached hydrogens (tertiary/aromatic N) is 4. The number of methoxy groups -OCH3 is 1. The molecule has 8 nitrogen and oxygen atoms in total. The van der Waals surface area contributed by atoms with Gasteiger partial charge in [0.2, 0.25) is 0 Å². The van der Waals surface area contributed by atoms with Crippen LogP contribution in [0.5, 0.6) is 5.75 Å². The molecule has 0 radical (unpaired) electrons. The Kier molecular flexibility index (Phi) is 8.20. The molecular formula is C28H31F3N6O2S. The lowest BCUT2D eigenvalue weighted by atomic mass is 9.88. The number of carbonyl (C=O) groups excluding carboxylic acids is 1. The Morgan fingerprint density at radius 2 is 1.90 bits per heavy atom. The maximum absolute atomic E-state index is 13.8. The lowest BCUT2D eigenvalue weighted by molar-refractivity contribution is -0.137. The molecule has 12 heteroatoms. The highest BCUT2D eigenvalue weighted by Gasteiger charge is 2.33.